The molecular formula is C9H10BrN. The SMILES string of the molecule is CC=C(N)c1ccc(Br)cc1. The van der Waals surface area contributed by atoms with Crippen molar-refractivity contribution in [3.63, 3.8) is 0 Å². The maximum atomic E-state index is 5.69. The fraction of sp³-hybridized carbons (Fsp3) is 0.111. The van der Waals surface area contributed by atoms with Crippen molar-refractivity contribution in [3.05, 3.63) is 40.4 Å². The summed E-state index contributed by atoms with van der Waals surface area (Å²) in [5.41, 5.74) is 7.57. The zero-order valence-corrected chi connectivity index (χ0v) is 7.93. The summed E-state index contributed by atoms with van der Waals surface area (Å²) >= 11 is 3.36. The van der Waals surface area contributed by atoms with Gasteiger partial charge in [0.1, 0.15) is 0 Å². The molecule has 0 aliphatic rings. The zero-order valence-electron chi connectivity index (χ0n) is 6.34. The summed E-state index contributed by atoms with van der Waals surface area (Å²) in [5, 5.41) is 0. The van der Waals surface area contributed by atoms with Gasteiger partial charge in [0.15, 0.2) is 0 Å². The van der Waals surface area contributed by atoms with Crippen LogP contribution < -0.4 is 5.73 Å². The van der Waals surface area contributed by atoms with E-state index in [-0.39, 0.29) is 0 Å². The molecule has 0 radical (unpaired) electrons. The van der Waals surface area contributed by atoms with E-state index in [1.54, 1.807) is 0 Å². The van der Waals surface area contributed by atoms with Crippen LogP contribution in [0, 0.1) is 0 Å². The molecule has 1 nitrogen and oxygen atoms in total. The van der Waals surface area contributed by atoms with Gasteiger partial charge in [-0.3, -0.25) is 0 Å². The first-order chi connectivity index (χ1) is 5.24. The quantitative estimate of drug-likeness (QED) is 0.760. The van der Waals surface area contributed by atoms with Gasteiger partial charge in [0.25, 0.3) is 0 Å². The molecule has 2 N–H and O–H groups in total. The van der Waals surface area contributed by atoms with Gasteiger partial charge in [-0.15, -0.1) is 0 Å². The van der Waals surface area contributed by atoms with Gasteiger partial charge >= 0.3 is 0 Å². The molecule has 1 aromatic rings. The third-order valence-corrected chi connectivity index (χ3v) is 2.02. The molecule has 0 amide bonds. The molecule has 0 spiro atoms. The van der Waals surface area contributed by atoms with Crippen LogP contribution in [0.5, 0.6) is 0 Å². The zero-order chi connectivity index (χ0) is 8.27. The standard InChI is InChI=1S/C9H10BrN/c1-2-9(11)7-3-5-8(10)6-4-7/h2-6H,11H2,1H3. The summed E-state index contributed by atoms with van der Waals surface area (Å²) in [6.07, 6.45) is 1.89. The van der Waals surface area contributed by atoms with E-state index in [0.717, 1.165) is 15.7 Å². The summed E-state index contributed by atoms with van der Waals surface area (Å²) in [4.78, 5) is 0. The molecule has 1 rings (SSSR count). The second kappa shape index (κ2) is 3.58. The summed E-state index contributed by atoms with van der Waals surface area (Å²) < 4.78 is 1.07. The lowest BCUT2D eigenvalue weighted by molar-refractivity contribution is 1.48. The number of nitrogens with two attached hydrogens (primary N) is 1. The number of hydrogen-bond acceptors (Lipinski definition) is 1. The molecule has 0 heterocycles. The van der Waals surface area contributed by atoms with Crippen molar-refractivity contribution < 1.29 is 0 Å². The van der Waals surface area contributed by atoms with Crippen LogP contribution in [0.1, 0.15) is 12.5 Å². The number of hydrogen-bond donors (Lipinski definition) is 1. The van der Waals surface area contributed by atoms with Crippen LogP contribution in [0.25, 0.3) is 5.70 Å². The Morgan fingerprint density at radius 1 is 1.36 bits per heavy atom. The molecule has 0 unspecified atom stereocenters. The van der Waals surface area contributed by atoms with Crippen LogP contribution in [0.15, 0.2) is 34.8 Å². The van der Waals surface area contributed by atoms with Crippen molar-refractivity contribution in [2.75, 3.05) is 0 Å². The van der Waals surface area contributed by atoms with Gasteiger partial charge in [-0.2, -0.15) is 0 Å². The molecule has 2 heteroatoms. The summed E-state index contributed by atoms with van der Waals surface area (Å²) in [6, 6.07) is 7.93. The Labute approximate surface area is 75.0 Å². The van der Waals surface area contributed by atoms with Gasteiger partial charge in [-0.25, -0.2) is 0 Å². The van der Waals surface area contributed by atoms with Crippen LogP contribution in [0.4, 0.5) is 0 Å². The first kappa shape index (κ1) is 8.34. The van der Waals surface area contributed by atoms with Crippen molar-refractivity contribution in [2.45, 2.75) is 6.92 Å². The van der Waals surface area contributed by atoms with Crippen LogP contribution in [-0.2, 0) is 0 Å². The summed E-state index contributed by atoms with van der Waals surface area (Å²) in [5.74, 6) is 0. The molecule has 0 aliphatic heterocycles. The van der Waals surface area contributed by atoms with E-state index in [0.29, 0.717) is 0 Å². The van der Waals surface area contributed by atoms with Crippen molar-refractivity contribution in [1.82, 2.24) is 0 Å². The molecule has 0 bridgehead atoms. The minimum absolute atomic E-state index is 0.817. The van der Waals surface area contributed by atoms with Gasteiger partial charge < -0.3 is 5.73 Å². The lowest BCUT2D eigenvalue weighted by Crippen LogP contribution is -1.94. The molecule has 0 saturated heterocycles. The summed E-state index contributed by atoms with van der Waals surface area (Å²) in [6.45, 7) is 1.93. The fourth-order valence-electron chi connectivity index (χ4n) is 0.809. The van der Waals surface area contributed by atoms with Crippen LogP contribution in [0.2, 0.25) is 0 Å². The average Bonchev–Trinajstić information content (AvgIpc) is 2.05. The van der Waals surface area contributed by atoms with Gasteiger partial charge in [0, 0.05) is 10.2 Å². The fourth-order valence-corrected chi connectivity index (χ4v) is 1.07. The minimum Gasteiger partial charge on any atom is -0.399 e. The minimum atomic E-state index is 0.817. The molecule has 58 valence electrons. The predicted molar refractivity (Wildman–Crippen MR) is 52.0 cm³/mol. The molecule has 0 aromatic heterocycles. The van der Waals surface area contributed by atoms with Crippen molar-refractivity contribution in [1.29, 1.82) is 0 Å². The third-order valence-electron chi connectivity index (χ3n) is 1.49. The Morgan fingerprint density at radius 3 is 2.36 bits per heavy atom. The Balaban J connectivity index is 2.99. The molecule has 1 aromatic carbocycles. The maximum absolute atomic E-state index is 5.69. The topological polar surface area (TPSA) is 26.0 Å². The second-order valence-electron chi connectivity index (χ2n) is 2.25. The lowest BCUT2D eigenvalue weighted by atomic mass is 10.2. The highest BCUT2D eigenvalue weighted by Crippen LogP contribution is 2.13. The van der Waals surface area contributed by atoms with Crippen LogP contribution in [0.3, 0.4) is 0 Å². The monoisotopic (exact) mass is 211 g/mol. The molecular weight excluding hydrogens is 202 g/mol. The third kappa shape index (κ3) is 2.09. The maximum Gasteiger partial charge on any atom is 0.0344 e. The van der Waals surface area contributed by atoms with Gasteiger partial charge in [-0.1, -0.05) is 34.1 Å². The number of rotatable bonds is 1. The van der Waals surface area contributed by atoms with Crippen molar-refractivity contribution >= 4 is 21.6 Å². The van der Waals surface area contributed by atoms with E-state index in [9.17, 15) is 0 Å². The van der Waals surface area contributed by atoms with Gasteiger partial charge in [0.05, 0.1) is 0 Å². The lowest BCUT2D eigenvalue weighted by Gasteiger charge is -1.99. The molecule has 0 aliphatic carbocycles. The first-order valence-electron chi connectivity index (χ1n) is 3.42. The largest absolute Gasteiger partial charge is 0.399 e. The normalized spacial score (nSPS) is 11.6. The van der Waals surface area contributed by atoms with Crippen molar-refractivity contribution in [2.24, 2.45) is 5.73 Å². The number of allylic oxidation sites excluding steroid dienone is 1. The smallest absolute Gasteiger partial charge is 0.0344 e. The predicted octanol–water partition coefficient (Wildman–Crippen LogP) is 2.77. The highest BCUT2D eigenvalue weighted by atomic mass is 79.9. The molecule has 11 heavy (non-hydrogen) atoms. The molecule has 0 atom stereocenters. The van der Waals surface area contributed by atoms with Gasteiger partial charge in [-0.05, 0) is 24.6 Å². The first-order valence-corrected chi connectivity index (χ1v) is 4.21. The Hall–Kier alpha value is -0.760. The Kier molecular flexibility index (Phi) is 2.71. The van der Waals surface area contributed by atoms with E-state index in [2.05, 4.69) is 15.9 Å². The van der Waals surface area contributed by atoms with E-state index < -0.39 is 0 Å². The highest BCUT2D eigenvalue weighted by Gasteiger charge is 1.92. The van der Waals surface area contributed by atoms with Crippen molar-refractivity contribution in [3.8, 4) is 0 Å². The number of benzene rings is 1. The number of halogens is 1. The van der Waals surface area contributed by atoms with Crippen LogP contribution in [-0.4, -0.2) is 0 Å². The molecule has 0 saturated carbocycles. The van der Waals surface area contributed by atoms with E-state index in [1.165, 1.54) is 0 Å². The van der Waals surface area contributed by atoms with E-state index >= 15 is 0 Å². The Bertz CT molecular complexity index is 261. The van der Waals surface area contributed by atoms with Gasteiger partial charge in [0.2, 0.25) is 0 Å². The average molecular weight is 212 g/mol. The van der Waals surface area contributed by atoms with E-state index in [4.69, 9.17) is 5.73 Å². The highest BCUT2D eigenvalue weighted by molar-refractivity contribution is 9.10. The Morgan fingerprint density at radius 2 is 1.91 bits per heavy atom. The van der Waals surface area contributed by atoms with Crippen LogP contribution >= 0.6 is 15.9 Å². The molecule has 0 fully saturated rings. The second-order valence-corrected chi connectivity index (χ2v) is 3.17. The van der Waals surface area contributed by atoms with E-state index in [1.807, 2.05) is 37.3 Å². The summed E-state index contributed by atoms with van der Waals surface area (Å²) in [7, 11) is 0.